The number of aromatic nitrogens is 2. The summed E-state index contributed by atoms with van der Waals surface area (Å²) in [5.41, 5.74) is 7.32. The Balaban J connectivity index is 1.15. The van der Waals surface area contributed by atoms with Crippen LogP contribution in [0.15, 0.2) is 90.1 Å². The summed E-state index contributed by atoms with van der Waals surface area (Å²) >= 11 is 0. The molecule has 1 amide bonds. The van der Waals surface area contributed by atoms with E-state index in [1.165, 1.54) is 77.0 Å². The summed E-state index contributed by atoms with van der Waals surface area (Å²) in [5.74, 6) is -0.873. The van der Waals surface area contributed by atoms with Gasteiger partial charge in [-0.1, -0.05) is 168 Å². The molecule has 10 heteroatoms. The van der Waals surface area contributed by atoms with Gasteiger partial charge in [-0.05, 0) is 42.2 Å². The van der Waals surface area contributed by atoms with E-state index in [4.69, 9.17) is 19.7 Å². The van der Waals surface area contributed by atoms with Gasteiger partial charge in [0.05, 0.1) is 23.7 Å². The first-order valence-electron chi connectivity index (χ1n) is 21.5. The summed E-state index contributed by atoms with van der Waals surface area (Å²) in [7, 11) is 0. The van der Waals surface area contributed by atoms with E-state index in [0.717, 1.165) is 63.7 Å². The first kappa shape index (κ1) is 44.3. The molecule has 312 valence electrons. The van der Waals surface area contributed by atoms with Gasteiger partial charge < -0.3 is 25.0 Å². The predicted molar refractivity (Wildman–Crippen MR) is 237 cm³/mol. The number of nitrogens with zero attached hydrogens (tertiary/aromatic N) is 2. The van der Waals surface area contributed by atoms with E-state index in [1.807, 2.05) is 78.9 Å². The van der Waals surface area contributed by atoms with Gasteiger partial charge in [0, 0.05) is 41.8 Å². The van der Waals surface area contributed by atoms with Crippen LogP contribution in [0, 0.1) is 0 Å². The molecule has 0 spiro atoms. The highest BCUT2D eigenvalue weighted by atomic mass is 16.7. The van der Waals surface area contributed by atoms with E-state index >= 15 is 0 Å². The first-order chi connectivity index (χ1) is 28.8. The van der Waals surface area contributed by atoms with Crippen molar-refractivity contribution in [2.75, 3.05) is 13.2 Å². The smallest absolute Gasteiger partial charge is 0.350 e. The zero-order valence-corrected chi connectivity index (χ0v) is 34.7. The van der Waals surface area contributed by atoms with Crippen LogP contribution in [0.5, 0.6) is 0 Å². The van der Waals surface area contributed by atoms with Gasteiger partial charge >= 0.3 is 11.9 Å². The van der Waals surface area contributed by atoms with Crippen LogP contribution in [0.3, 0.4) is 0 Å². The lowest BCUT2D eigenvalue weighted by atomic mass is 10.0. The molecule has 4 aromatic rings. The third-order valence-electron chi connectivity index (χ3n) is 10.5. The second kappa shape index (κ2) is 24.2. The highest BCUT2D eigenvalue weighted by Crippen LogP contribution is 2.34. The van der Waals surface area contributed by atoms with Crippen LogP contribution in [-0.4, -0.2) is 57.9 Å². The molecule has 1 aliphatic rings. The first-order valence-corrected chi connectivity index (χ1v) is 21.5. The Morgan fingerprint density at radius 3 is 1.81 bits per heavy atom. The van der Waals surface area contributed by atoms with Crippen molar-refractivity contribution in [2.24, 2.45) is 5.16 Å². The molecule has 1 atom stereocenters. The molecule has 0 aliphatic carbocycles. The highest BCUT2D eigenvalue weighted by molar-refractivity contribution is 6.03. The number of hydrogen-bond donors (Lipinski definition) is 3. The molecule has 1 aliphatic heterocycles. The zero-order valence-electron chi connectivity index (χ0n) is 34.7. The molecule has 2 heterocycles. The average Bonchev–Trinajstić information content (AvgIpc) is 3.93. The van der Waals surface area contributed by atoms with Crippen LogP contribution >= 0.6 is 0 Å². The number of esters is 1. The van der Waals surface area contributed by atoms with E-state index < -0.39 is 18.0 Å². The summed E-state index contributed by atoms with van der Waals surface area (Å²) in [6, 6.07) is 23.2. The summed E-state index contributed by atoms with van der Waals surface area (Å²) in [4.78, 5) is 49.6. The number of unbranched alkanes of at least 4 members (excludes halogenated alkanes) is 13. The van der Waals surface area contributed by atoms with Gasteiger partial charge in [0.15, 0.2) is 0 Å². The lowest BCUT2D eigenvalue weighted by Crippen LogP contribution is -2.23. The topological polar surface area (TPSA) is 143 Å². The number of oxime groups is 1. The van der Waals surface area contributed by atoms with Gasteiger partial charge in [0.25, 0.3) is 0 Å². The van der Waals surface area contributed by atoms with Crippen molar-refractivity contribution in [1.82, 2.24) is 15.3 Å². The maximum absolute atomic E-state index is 12.6. The molecule has 10 nitrogen and oxygen atoms in total. The van der Waals surface area contributed by atoms with Crippen LogP contribution in [0.1, 0.15) is 127 Å². The predicted octanol–water partition coefficient (Wildman–Crippen LogP) is 11.2. The molecule has 0 bridgehead atoms. The van der Waals surface area contributed by atoms with Crippen molar-refractivity contribution in [3.63, 3.8) is 0 Å². The number of aromatic amines is 1. The summed E-state index contributed by atoms with van der Waals surface area (Å²) in [6.45, 7) is 4.99. The van der Waals surface area contributed by atoms with Gasteiger partial charge in [0.1, 0.15) is 5.82 Å². The lowest BCUT2D eigenvalue weighted by molar-refractivity contribution is -0.154. The van der Waals surface area contributed by atoms with E-state index in [2.05, 4.69) is 22.4 Å². The fourth-order valence-electron chi connectivity index (χ4n) is 7.10. The molecule has 3 N–H and O–H groups in total. The summed E-state index contributed by atoms with van der Waals surface area (Å²) in [6.07, 6.45) is 24.0. The van der Waals surface area contributed by atoms with E-state index in [-0.39, 0.29) is 12.5 Å². The number of benzene rings is 3. The van der Waals surface area contributed by atoms with Gasteiger partial charge in [-0.15, -0.1) is 0 Å². The third kappa shape index (κ3) is 14.5. The molecular weight excluding hydrogens is 741 g/mol. The van der Waals surface area contributed by atoms with Gasteiger partial charge in [-0.25, -0.2) is 14.6 Å². The number of carbonyl (C=O) groups is 3. The van der Waals surface area contributed by atoms with Gasteiger partial charge in [-0.3, -0.25) is 4.79 Å². The molecule has 3 aromatic carbocycles. The second-order valence-electron chi connectivity index (χ2n) is 15.1. The minimum atomic E-state index is -1.01. The van der Waals surface area contributed by atoms with Crippen molar-refractivity contribution in [1.29, 1.82) is 0 Å². The molecular formula is C49H60N4O6. The standard InChI is InChI=1S/C49H60N4O6/c1-3-5-6-7-8-9-10-11-12-13-14-15-16-17-34-50-44(54)32-22-36-18-24-39(25-19-36)46-47(40-26-20-37(21-27-40)23-33-45(55)56)52-48(51-46)41-30-28-38(29-31-41)42-35-43(59-53-42)49(57)58-4-2/h18-33,43H,3-17,34-35H2,1-2H3,(H,50,54)(H,51,52)(H,55,56)/b32-22+,33-23+. The van der Waals surface area contributed by atoms with E-state index in [9.17, 15) is 14.4 Å². The number of amides is 1. The third-order valence-corrected chi connectivity index (χ3v) is 10.5. The normalized spacial score (nSPS) is 13.8. The zero-order chi connectivity index (χ0) is 41.7. The van der Waals surface area contributed by atoms with E-state index in [0.29, 0.717) is 24.5 Å². The highest BCUT2D eigenvalue weighted by Gasteiger charge is 2.30. The number of rotatable bonds is 25. The number of aliphatic carboxylic acids is 1. The number of carbonyl (C=O) groups excluding carboxylic acids is 2. The number of H-pyrrole nitrogens is 1. The number of ether oxygens (including phenoxy) is 1. The Kier molecular flexibility index (Phi) is 18.2. The number of hydrogen-bond acceptors (Lipinski definition) is 7. The van der Waals surface area contributed by atoms with Crippen LogP contribution in [0.25, 0.3) is 46.1 Å². The monoisotopic (exact) mass is 800 g/mol. The van der Waals surface area contributed by atoms with Gasteiger partial charge in [0.2, 0.25) is 12.0 Å². The van der Waals surface area contributed by atoms with Gasteiger partial charge in [-0.2, -0.15) is 0 Å². The Bertz CT molecular complexity index is 2010. The Morgan fingerprint density at radius 1 is 0.712 bits per heavy atom. The summed E-state index contributed by atoms with van der Waals surface area (Å²) in [5, 5.41) is 16.2. The molecule has 0 saturated carbocycles. The van der Waals surface area contributed by atoms with E-state index in [1.54, 1.807) is 19.1 Å². The number of imidazole rings is 1. The molecule has 0 fully saturated rings. The SMILES string of the molecule is CCCCCCCCCCCCCCCCNC(=O)/C=C/c1ccc(-c2[nH]c(-c3ccc(C4=NOC(C(=O)OCC)C4)cc3)nc2-c2ccc(/C=C/C(=O)O)cc2)cc1. The average molecular weight is 801 g/mol. The lowest BCUT2D eigenvalue weighted by Gasteiger charge is -2.06. The number of nitrogens with one attached hydrogen (secondary N) is 2. The summed E-state index contributed by atoms with van der Waals surface area (Å²) < 4.78 is 5.08. The van der Waals surface area contributed by atoms with Crippen molar-refractivity contribution in [3.8, 4) is 33.9 Å². The minimum Gasteiger partial charge on any atom is -0.478 e. The number of carboxylic acids is 1. The molecule has 5 rings (SSSR count). The molecule has 1 aromatic heterocycles. The Hall–Kier alpha value is -5.77. The van der Waals surface area contributed by atoms with Crippen LogP contribution in [0.2, 0.25) is 0 Å². The maximum atomic E-state index is 12.6. The molecule has 59 heavy (non-hydrogen) atoms. The van der Waals surface area contributed by atoms with Crippen molar-refractivity contribution in [2.45, 2.75) is 116 Å². The quantitative estimate of drug-likeness (QED) is 0.0344. The Morgan fingerprint density at radius 2 is 1.24 bits per heavy atom. The largest absolute Gasteiger partial charge is 0.478 e. The molecule has 1 unspecified atom stereocenters. The fraction of sp³-hybridized carbons (Fsp3) is 0.408. The van der Waals surface area contributed by atoms with Crippen LogP contribution in [0.4, 0.5) is 0 Å². The van der Waals surface area contributed by atoms with Crippen LogP contribution < -0.4 is 5.32 Å². The van der Waals surface area contributed by atoms with Crippen molar-refractivity contribution < 1.29 is 29.1 Å². The maximum Gasteiger partial charge on any atom is 0.350 e. The second-order valence-corrected chi connectivity index (χ2v) is 15.1. The fourth-order valence-corrected chi connectivity index (χ4v) is 7.10. The van der Waals surface area contributed by atoms with Crippen molar-refractivity contribution in [3.05, 3.63) is 102 Å². The minimum absolute atomic E-state index is 0.0942. The molecule has 0 radical (unpaired) electrons. The number of carboxylic acid groups (broad SMARTS) is 1. The van der Waals surface area contributed by atoms with Crippen molar-refractivity contribution >= 4 is 35.7 Å². The Labute approximate surface area is 349 Å². The molecule has 0 saturated heterocycles. The van der Waals surface area contributed by atoms with Crippen LogP contribution in [-0.2, 0) is 24.0 Å².